The molecule has 5 aliphatic carbocycles. The molecule has 0 radical (unpaired) electrons. The molecule has 1 aliphatic heterocycles. The zero-order valence-electron chi connectivity index (χ0n) is 38.5. The van der Waals surface area contributed by atoms with Crippen LogP contribution in [0.5, 0.6) is 0 Å². The van der Waals surface area contributed by atoms with Crippen molar-refractivity contribution >= 4 is 42.2 Å². The number of azo groups is 1. The van der Waals surface area contributed by atoms with Crippen LogP contribution in [0.15, 0.2) is 10.2 Å². The number of carboxylic acid groups (broad SMARTS) is 1. The van der Waals surface area contributed by atoms with Crippen LogP contribution in [0.4, 0.5) is 0 Å². The minimum Gasteiger partial charge on any atom is -0.481 e. The largest absolute Gasteiger partial charge is 0.481 e. The SMILES string of the molecule is CN(C)CC1CCC(S(=O)(=O)ON)C(N=NC2C(O)C3C(NC4NC(NC5CCC(C(=O)N(C)C)CC5)NC(OC5CCC(C(=O)O)CC5)N4)CCC(S(=O)(=O)ON)C3CC2S(=O)(=O)ON)C1. The minimum absolute atomic E-state index is 0.00571. The van der Waals surface area contributed by atoms with E-state index in [1.165, 1.54) is 0 Å². The number of ether oxygens (including phenoxy) is 1. The van der Waals surface area contributed by atoms with Crippen LogP contribution in [-0.2, 0) is 57.5 Å². The van der Waals surface area contributed by atoms with Crippen molar-refractivity contribution < 1.29 is 62.6 Å². The Kier molecular flexibility index (Phi) is 18.5. The van der Waals surface area contributed by atoms with Gasteiger partial charge in [0.25, 0.3) is 30.4 Å². The van der Waals surface area contributed by atoms with Gasteiger partial charge in [-0.25, -0.2) is 0 Å². The normalized spacial score (nSPS) is 39.2. The van der Waals surface area contributed by atoms with Gasteiger partial charge >= 0.3 is 5.97 Å². The molecular formula is C38H72N12O14S3. The Morgan fingerprint density at radius 3 is 1.84 bits per heavy atom. The molecule has 386 valence electrons. The second-order valence-electron chi connectivity index (χ2n) is 19.6. The van der Waals surface area contributed by atoms with Crippen molar-refractivity contribution in [1.82, 2.24) is 36.4 Å². The van der Waals surface area contributed by atoms with E-state index in [1.807, 2.05) is 19.0 Å². The van der Waals surface area contributed by atoms with Crippen LogP contribution in [0.2, 0.25) is 0 Å². The third kappa shape index (κ3) is 13.2. The molecule has 13 N–H and O–H groups in total. The molecule has 13 unspecified atom stereocenters. The van der Waals surface area contributed by atoms with Crippen LogP contribution in [0.1, 0.15) is 89.9 Å². The number of hydrogen-bond donors (Lipinski definition) is 10. The molecule has 5 saturated carbocycles. The lowest BCUT2D eigenvalue weighted by Crippen LogP contribution is -2.77. The third-order valence-electron chi connectivity index (χ3n) is 14.8. The molecule has 0 aromatic heterocycles. The number of fused-ring (bicyclic) bond motifs is 1. The molecule has 0 bridgehead atoms. The number of nitrogens with two attached hydrogens (primary N) is 3. The van der Waals surface area contributed by atoms with Gasteiger partial charge in [0.05, 0.1) is 29.4 Å². The second-order valence-corrected chi connectivity index (χ2v) is 24.9. The molecule has 6 rings (SSSR count). The summed E-state index contributed by atoms with van der Waals surface area (Å²) in [5.74, 6) is 12.3. The first-order valence-corrected chi connectivity index (χ1v) is 27.5. The first kappa shape index (κ1) is 54.2. The number of rotatable bonds is 18. The van der Waals surface area contributed by atoms with Crippen molar-refractivity contribution in [2.45, 2.75) is 161 Å². The molecule has 6 aliphatic rings. The van der Waals surface area contributed by atoms with Gasteiger partial charge in [-0.15, -0.1) is 0 Å². The van der Waals surface area contributed by atoms with Gasteiger partial charge in [-0.3, -0.25) is 36.2 Å². The zero-order chi connectivity index (χ0) is 49.0. The number of aliphatic hydroxyl groups is 1. The van der Waals surface area contributed by atoms with Gasteiger partial charge in [-0.2, -0.15) is 66.0 Å². The van der Waals surface area contributed by atoms with E-state index in [9.17, 15) is 45.1 Å². The van der Waals surface area contributed by atoms with Crippen molar-refractivity contribution in [3.05, 3.63) is 0 Å². The minimum atomic E-state index is -4.77. The highest BCUT2D eigenvalue weighted by Gasteiger charge is 2.58. The smallest absolute Gasteiger partial charge is 0.306 e. The van der Waals surface area contributed by atoms with Gasteiger partial charge in [-0.1, -0.05) is 0 Å². The Labute approximate surface area is 393 Å². The molecule has 1 amide bonds. The van der Waals surface area contributed by atoms with Crippen molar-refractivity contribution in [3.63, 3.8) is 0 Å². The highest BCUT2D eigenvalue weighted by molar-refractivity contribution is 7.88. The topological polar surface area (TPSA) is 383 Å². The monoisotopic (exact) mass is 1020 g/mol. The molecular weight excluding hydrogens is 945 g/mol. The van der Waals surface area contributed by atoms with Gasteiger partial charge in [0.15, 0.2) is 6.35 Å². The van der Waals surface area contributed by atoms with Crippen molar-refractivity contribution in [2.24, 2.45) is 57.5 Å². The van der Waals surface area contributed by atoms with Gasteiger partial charge in [0.1, 0.15) is 29.1 Å². The van der Waals surface area contributed by atoms with Crippen molar-refractivity contribution in [1.29, 1.82) is 0 Å². The Balaban J connectivity index is 1.29. The number of hydrogen-bond acceptors (Lipinski definition) is 24. The number of amides is 1. The van der Waals surface area contributed by atoms with Crippen LogP contribution >= 0.6 is 0 Å². The Hall–Kier alpha value is -2.17. The molecule has 29 heteroatoms. The Bertz CT molecular complexity index is 2040. The number of carboxylic acids is 1. The Morgan fingerprint density at radius 1 is 0.687 bits per heavy atom. The number of nitrogens with zero attached hydrogens (tertiary/aromatic N) is 4. The van der Waals surface area contributed by atoms with E-state index >= 15 is 0 Å². The summed E-state index contributed by atoms with van der Waals surface area (Å²) in [6.45, 7) is 0.592. The molecule has 13 atom stereocenters. The standard InChI is InChI=1S/C38H72N12O14S3/c1-49(2)19-20-5-15-29(66(57,58)63-40)27(17-20)47-48-32-30(67(59,60)64-41)18-25-28(65(55,56)62-39)16-14-26(31(25)33(32)51)43-37-44-36(42-23-10-6-21(7-11-23)34(52)50(3)4)45-38(46-37)61-24-12-8-22(9-13-24)35(53)54/h20-33,36-38,42-46,51H,5-19,39-41H2,1-4H3,(H,53,54). The molecule has 6 fully saturated rings. The summed E-state index contributed by atoms with van der Waals surface area (Å²) in [4.78, 5) is 27.9. The summed E-state index contributed by atoms with van der Waals surface area (Å²) in [6, 6.07) is -3.41. The number of carbonyl (C=O) groups excluding carboxylic acids is 1. The predicted molar refractivity (Wildman–Crippen MR) is 239 cm³/mol. The van der Waals surface area contributed by atoms with E-state index in [-0.39, 0.29) is 55.6 Å². The number of aliphatic hydroxyl groups excluding tert-OH is 1. The zero-order valence-corrected chi connectivity index (χ0v) is 40.9. The molecule has 26 nitrogen and oxygen atoms in total. The van der Waals surface area contributed by atoms with Crippen molar-refractivity contribution in [3.8, 4) is 0 Å². The van der Waals surface area contributed by atoms with Crippen molar-refractivity contribution in [2.75, 3.05) is 34.7 Å². The first-order chi connectivity index (χ1) is 31.6. The molecule has 1 heterocycles. The van der Waals surface area contributed by atoms with Gasteiger partial charge < -0.3 is 24.7 Å². The summed E-state index contributed by atoms with van der Waals surface area (Å²) in [7, 11) is -6.41. The molecule has 0 aromatic carbocycles. The van der Waals surface area contributed by atoms with E-state index in [4.69, 9.17) is 22.4 Å². The van der Waals surface area contributed by atoms with E-state index in [2.05, 4.69) is 49.7 Å². The maximum atomic E-state index is 13.6. The van der Waals surface area contributed by atoms with Crippen LogP contribution in [-0.4, -0.2) is 163 Å². The van der Waals surface area contributed by atoms with Crippen LogP contribution in [0, 0.1) is 29.6 Å². The fourth-order valence-corrected chi connectivity index (χ4v) is 15.1. The lowest BCUT2D eigenvalue weighted by atomic mass is 9.65. The lowest BCUT2D eigenvalue weighted by molar-refractivity contribution is -0.145. The lowest BCUT2D eigenvalue weighted by Gasteiger charge is -2.52. The number of aliphatic carboxylic acids is 1. The maximum absolute atomic E-state index is 13.6. The average Bonchev–Trinajstić information content (AvgIpc) is 3.28. The fourth-order valence-electron chi connectivity index (χ4n) is 11.5. The highest BCUT2D eigenvalue weighted by atomic mass is 32.2. The van der Waals surface area contributed by atoms with Gasteiger partial charge in [0, 0.05) is 44.6 Å². The van der Waals surface area contributed by atoms with E-state index < -0.39 is 119 Å². The molecule has 0 aromatic rings. The first-order valence-electron chi connectivity index (χ1n) is 23.1. The van der Waals surface area contributed by atoms with E-state index in [1.54, 1.807) is 19.0 Å². The molecule has 0 spiro atoms. The number of carbonyl (C=O) groups is 2. The van der Waals surface area contributed by atoms with Gasteiger partial charge in [-0.05, 0) is 116 Å². The summed E-state index contributed by atoms with van der Waals surface area (Å²) in [5.41, 5.74) is 0. The van der Waals surface area contributed by atoms with E-state index in [0.29, 0.717) is 64.3 Å². The van der Waals surface area contributed by atoms with Gasteiger partial charge in [0.2, 0.25) is 5.91 Å². The second kappa shape index (κ2) is 22.9. The quantitative estimate of drug-likeness (QED) is 0.0505. The highest BCUT2D eigenvalue weighted by Crippen LogP contribution is 2.47. The molecule has 67 heavy (non-hydrogen) atoms. The number of nitrogens with one attached hydrogen (secondary N) is 5. The van der Waals surface area contributed by atoms with Crippen LogP contribution in [0.25, 0.3) is 0 Å². The fraction of sp³-hybridized carbons (Fsp3) is 0.947. The summed E-state index contributed by atoms with van der Waals surface area (Å²) < 4.78 is 100. The third-order valence-corrected chi connectivity index (χ3v) is 19.4. The maximum Gasteiger partial charge on any atom is 0.306 e. The van der Waals surface area contributed by atoms with Crippen LogP contribution < -0.4 is 44.3 Å². The Morgan fingerprint density at radius 2 is 1.25 bits per heavy atom. The predicted octanol–water partition coefficient (Wildman–Crippen LogP) is -2.42. The summed E-state index contributed by atoms with van der Waals surface area (Å²) >= 11 is 0. The summed E-state index contributed by atoms with van der Waals surface area (Å²) in [5, 5.41) is 43.8. The van der Waals surface area contributed by atoms with E-state index in [0.717, 1.165) is 0 Å². The summed E-state index contributed by atoms with van der Waals surface area (Å²) in [6.07, 6.45) is 0.971. The average molecular weight is 1020 g/mol. The molecule has 1 saturated heterocycles. The van der Waals surface area contributed by atoms with Crippen LogP contribution in [0.3, 0.4) is 0 Å².